The van der Waals surface area contributed by atoms with Crippen LogP contribution in [0.2, 0.25) is 0 Å². The maximum atomic E-state index is 11.4. The molecule has 3 N–H and O–H groups in total. The van der Waals surface area contributed by atoms with Gasteiger partial charge in [0.05, 0.1) is 0 Å². The van der Waals surface area contributed by atoms with Crippen LogP contribution in [0.3, 0.4) is 0 Å². The molecule has 0 rings (SSSR count). The number of alkyl carbamates (subject to hydrolysis) is 1. The number of nitrogens with one attached hydrogen (secondary N) is 1. The quantitative estimate of drug-likeness (QED) is 0.634. The van der Waals surface area contributed by atoms with E-state index in [0.29, 0.717) is 0 Å². The number of ether oxygens (including phenoxy) is 1. The number of aliphatic carboxylic acids is 1. The third kappa shape index (κ3) is 7.61. The van der Waals surface area contributed by atoms with Gasteiger partial charge in [0.2, 0.25) is 0 Å². The molecule has 0 radical (unpaired) electrons. The summed E-state index contributed by atoms with van der Waals surface area (Å²) >= 11 is 0. The van der Waals surface area contributed by atoms with Gasteiger partial charge in [-0.3, -0.25) is 4.79 Å². The molecular formula is C11H19NO6. The maximum Gasteiger partial charge on any atom is 0.408 e. The van der Waals surface area contributed by atoms with Crippen LogP contribution in [0.15, 0.2) is 0 Å². The monoisotopic (exact) mass is 261 g/mol. The third-order valence-corrected chi connectivity index (χ3v) is 1.81. The zero-order valence-corrected chi connectivity index (χ0v) is 10.7. The zero-order valence-electron chi connectivity index (χ0n) is 10.7. The molecule has 18 heavy (non-hydrogen) atoms. The normalized spacial score (nSPS) is 12.7. The lowest BCUT2D eigenvalue weighted by Crippen LogP contribution is -2.44. The molecule has 0 aromatic carbocycles. The first-order valence-corrected chi connectivity index (χ1v) is 5.50. The highest BCUT2D eigenvalue weighted by Crippen LogP contribution is 2.07. The van der Waals surface area contributed by atoms with E-state index in [9.17, 15) is 14.4 Å². The average molecular weight is 261 g/mol. The minimum absolute atomic E-state index is 0.139. The van der Waals surface area contributed by atoms with Crippen LogP contribution < -0.4 is 5.32 Å². The summed E-state index contributed by atoms with van der Waals surface area (Å²) in [6, 6.07) is -1.35. The molecule has 0 aromatic rings. The molecule has 7 heteroatoms. The number of Topliss-reactive ketones (excluding diaryl/α,β-unsaturated/α-hetero) is 1. The Kier molecular flexibility index (Phi) is 6.32. The van der Waals surface area contributed by atoms with Crippen molar-refractivity contribution in [1.29, 1.82) is 0 Å². The summed E-state index contributed by atoms with van der Waals surface area (Å²) in [4.78, 5) is 33.4. The SMILES string of the molecule is CC(C)(C)OC(=O)NC(CC(=O)CCO)C(=O)O. The van der Waals surface area contributed by atoms with Gasteiger partial charge in [-0.1, -0.05) is 0 Å². The molecule has 0 saturated carbocycles. The summed E-state index contributed by atoms with van der Waals surface area (Å²) in [5.41, 5.74) is -0.748. The number of hydrogen-bond donors (Lipinski definition) is 3. The summed E-state index contributed by atoms with van der Waals surface area (Å²) in [6.07, 6.45) is -1.42. The number of aliphatic hydroxyl groups excluding tert-OH is 1. The Bertz CT molecular complexity index is 320. The number of carbonyl (C=O) groups is 3. The molecule has 0 aliphatic rings. The van der Waals surface area contributed by atoms with E-state index in [1.807, 2.05) is 0 Å². The van der Waals surface area contributed by atoms with Gasteiger partial charge in [-0.15, -0.1) is 0 Å². The maximum absolute atomic E-state index is 11.4. The van der Waals surface area contributed by atoms with Crippen molar-refractivity contribution in [3.8, 4) is 0 Å². The highest BCUT2D eigenvalue weighted by atomic mass is 16.6. The molecule has 0 saturated heterocycles. The van der Waals surface area contributed by atoms with Crippen molar-refractivity contribution in [1.82, 2.24) is 5.32 Å². The predicted octanol–water partition coefficient (Wildman–Crippen LogP) is 0.306. The van der Waals surface area contributed by atoms with E-state index in [1.54, 1.807) is 20.8 Å². The Morgan fingerprint density at radius 2 is 1.83 bits per heavy atom. The third-order valence-electron chi connectivity index (χ3n) is 1.81. The summed E-state index contributed by atoms with van der Waals surface area (Å²) in [5, 5.41) is 19.5. The standard InChI is InChI=1S/C11H19NO6/c1-11(2,3)18-10(17)12-8(9(15)16)6-7(14)4-5-13/h8,13H,4-6H2,1-3H3,(H,12,17)(H,15,16). The Hall–Kier alpha value is -1.63. The minimum Gasteiger partial charge on any atom is -0.480 e. The van der Waals surface area contributed by atoms with Gasteiger partial charge in [-0.05, 0) is 20.8 Å². The van der Waals surface area contributed by atoms with Gasteiger partial charge in [0, 0.05) is 19.4 Å². The highest BCUT2D eigenvalue weighted by Gasteiger charge is 2.25. The van der Waals surface area contributed by atoms with Crippen molar-refractivity contribution in [3.05, 3.63) is 0 Å². The molecule has 0 heterocycles. The second-order valence-electron chi connectivity index (χ2n) is 4.75. The van der Waals surface area contributed by atoms with Crippen molar-refractivity contribution in [2.24, 2.45) is 0 Å². The Morgan fingerprint density at radius 1 is 1.28 bits per heavy atom. The number of ketones is 1. The van der Waals surface area contributed by atoms with Gasteiger partial charge in [0.1, 0.15) is 17.4 Å². The minimum atomic E-state index is -1.35. The molecule has 1 atom stereocenters. The molecule has 1 amide bonds. The lowest BCUT2D eigenvalue weighted by Gasteiger charge is -2.21. The van der Waals surface area contributed by atoms with Gasteiger partial charge in [0.25, 0.3) is 0 Å². The Labute approximate surface area is 105 Å². The van der Waals surface area contributed by atoms with Gasteiger partial charge in [-0.2, -0.15) is 0 Å². The molecule has 104 valence electrons. The second-order valence-corrected chi connectivity index (χ2v) is 4.75. The first-order chi connectivity index (χ1) is 8.15. The first kappa shape index (κ1) is 16.4. The fourth-order valence-electron chi connectivity index (χ4n) is 1.10. The number of carboxylic acids is 1. The predicted molar refractivity (Wildman–Crippen MR) is 62.1 cm³/mol. The second kappa shape index (κ2) is 6.95. The molecule has 0 spiro atoms. The summed E-state index contributed by atoms with van der Waals surface area (Å²) in [5.74, 6) is -1.77. The smallest absolute Gasteiger partial charge is 0.408 e. The van der Waals surface area contributed by atoms with Crippen molar-refractivity contribution in [3.63, 3.8) is 0 Å². The van der Waals surface area contributed by atoms with Crippen LogP contribution in [0.1, 0.15) is 33.6 Å². The van der Waals surface area contributed by atoms with E-state index < -0.39 is 29.5 Å². The van der Waals surface area contributed by atoms with E-state index >= 15 is 0 Å². The van der Waals surface area contributed by atoms with Crippen LogP contribution in [-0.2, 0) is 14.3 Å². The largest absolute Gasteiger partial charge is 0.480 e. The van der Waals surface area contributed by atoms with E-state index in [0.717, 1.165) is 0 Å². The molecule has 7 nitrogen and oxygen atoms in total. The van der Waals surface area contributed by atoms with Crippen LogP contribution in [0, 0.1) is 0 Å². The van der Waals surface area contributed by atoms with Gasteiger partial charge in [-0.25, -0.2) is 9.59 Å². The lowest BCUT2D eigenvalue weighted by molar-refractivity contribution is -0.141. The number of rotatable bonds is 6. The summed E-state index contributed by atoms with van der Waals surface area (Å²) < 4.78 is 4.89. The van der Waals surface area contributed by atoms with E-state index in [-0.39, 0.29) is 19.4 Å². The van der Waals surface area contributed by atoms with Crippen LogP contribution in [0.4, 0.5) is 4.79 Å². The lowest BCUT2D eigenvalue weighted by atomic mass is 10.1. The molecule has 0 aliphatic carbocycles. The number of hydrogen-bond acceptors (Lipinski definition) is 5. The van der Waals surface area contributed by atoms with Crippen molar-refractivity contribution < 1.29 is 29.3 Å². The van der Waals surface area contributed by atoms with Crippen molar-refractivity contribution in [2.75, 3.05) is 6.61 Å². The van der Waals surface area contributed by atoms with Crippen LogP contribution >= 0.6 is 0 Å². The van der Waals surface area contributed by atoms with Gasteiger partial charge < -0.3 is 20.3 Å². The van der Waals surface area contributed by atoms with Crippen LogP contribution in [-0.4, -0.2) is 46.3 Å². The number of aliphatic hydroxyl groups is 1. The zero-order chi connectivity index (χ0) is 14.3. The van der Waals surface area contributed by atoms with Crippen LogP contribution in [0.5, 0.6) is 0 Å². The highest BCUT2D eigenvalue weighted by molar-refractivity contribution is 5.88. The van der Waals surface area contributed by atoms with Crippen LogP contribution in [0.25, 0.3) is 0 Å². The molecule has 1 unspecified atom stereocenters. The molecule has 0 fully saturated rings. The average Bonchev–Trinajstić information content (AvgIpc) is 2.13. The van der Waals surface area contributed by atoms with Gasteiger partial charge >= 0.3 is 12.1 Å². The van der Waals surface area contributed by atoms with Gasteiger partial charge in [0.15, 0.2) is 0 Å². The first-order valence-electron chi connectivity index (χ1n) is 5.50. The van der Waals surface area contributed by atoms with E-state index in [2.05, 4.69) is 5.32 Å². The van der Waals surface area contributed by atoms with Crippen molar-refractivity contribution >= 4 is 17.8 Å². The topological polar surface area (TPSA) is 113 Å². The number of carboxylic acid groups (broad SMARTS) is 1. The summed E-state index contributed by atoms with van der Waals surface area (Å²) in [7, 11) is 0. The Morgan fingerprint density at radius 3 is 2.22 bits per heavy atom. The van der Waals surface area contributed by atoms with Crippen molar-refractivity contribution in [2.45, 2.75) is 45.3 Å². The molecule has 0 bridgehead atoms. The number of carbonyl (C=O) groups excluding carboxylic acids is 2. The number of amides is 1. The fraction of sp³-hybridized carbons (Fsp3) is 0.727. The Balaban J connectivity index is 4.41. The van der Waals surface area contributed by atoms with E-state index in [1.165, 1.54) is 0 Å². The molecule has 0 aliphatic heterocycles. The van der Waals surface area contributed by atoms with E-state index in [4.69, 9.17) is 14.9 Å². The molecular weight excluding hydrogens is 242 g/mol. The fourth-order valence-corrected chi connectivity index (χ4v) is 1.10. The summed E-state index contributed by atoms with van der Waals surface area (Å²) in [6.45, 7) is 4.56. The molecule has 0 aromatic heterocycles.